The first-order chi connectivity index (χ1) is 23.1. The summed E-state index contributed by atoms with van der Waals surface area (Å²) in [6.45, 7) is 0. The number of benzene rings is 4. The van der Waals surface area contributed by atoms with Gasteiger partial charge in [-0.1, -0.05) is 72.8 Å². The second-order valence-corrected chi connectivity index (χ2v) is 17.1. The minimum atomic E-state index is -0.223. The van der Waals surface area contributed by atoms with E-state index in [2.05, 4.69) is 101 Å². The molecule has 0 spiro atoms. The molecule has 4 heterocycles. The van der Waals surface area contributed by atoms with Gasteiger partial charge in [-0.2, -0.15) is 0 Å². The summed E-state index contributed by atoms with van der Waals surface area (Å²) in [7, 11) is 6.22. The Morgan fingerprint density at radius 1 is 0.447 bits per heavy atom. The van der Waals surface area contributed by atoms with E-state index in [1.54, 1.807) is 12.4 Å². The molecule has 4 aromatic carbocycles. The smallest absolute Gasteiger partial charge is 0.135 e. The average Bonchev–Trinajstić information content (AvgIpc) is 3.15. The van der Waals surface area contributed by atoms with Crippen molar-refractivity contribution in [3.63, 3.8) is 0 Å². The molecule has 2 unspecified atom stereocenters. The van der Waals surface area contributed by atoms with E-state index in [0.717, 1.165) is 45.0 Å². The Balaban J connectivity index is 0.000000625. The first-order valence-electron chi connectivity index (χ1n) is 15.3. The Morgan fingerprint density at radius 2 is 0.830 bits per heavy atom. The van der Waals surface area contributed by atoms with Crippen molar-refractivity contribution in [3.8, 4) is 45.0 Å². The number of rotatable bonds is 5. The van der Waals surface area contributed by atoms with Crippen LogP contribution in [0, 0.1) is 0 Å². The Hall–Kier alpha value is -3.28. The zero-order chi connectivity index (χ0) is 32.2. The maximum absolute atomic E-state index is 6.52. The summed E-state index contributed by atoms with van der Waals surface area (Å²) >= 11 is 0. The van der Waals surface area contributed by atoms with E-state index in [-0.39, 0.29) is 39.9 Å². The summed E-state index contributed by atoms with van der Waals surface area (Å²) in [4.78, 5) is 18.3. The van der Waals surface area contributed by atoms with Crippen LogP contribution in [0.15, 0.2) is 146 Å². The van der Waals surface area contributed by atoms with Crippen molar-refractivity contribution >= 4 is 64.9 Å². The minimum absolute atomic E-state index is 0. The molecule has 0 amide bonds. The number of pyridine rings is 4. The molecule has 0 aliphatic heterocycles. The molecular formula is C38H29BN4P3Y. The van der Waals surface area contributed by atoms with Crippen LogP contribution in [0.25, 0.3) is 77.3 Å². The molecule has 0 saturated heterocycles. The average molecular weight is 736 g/mol. The third-order valence-electron chi connectivity index (χ3n) is 7.88. The quantitative estimate of drug-likeness (QED) is 0.100. The topological polar surface area (TPSA) is 51.6 Å². The maximum Gasteiger partial charge on any atom is 0.135 e. The molecule has 2 atom stereocenters. The first-order valence-corrected chi connectivity index (χ1v) is 19.4. The summed E-state index contributed by atoms with van der Waals surface area (Å²) in [5.74, 6) is 0. The van der Waals surface area contributed by atoms with Gasteiger partial charge in [-0.15, -0.1) is 25.0 Å². The Kier molecular flexibility index (Phi) is 10.5. The van der Waals surface area contributed by atoms with E-state index in [1.807, 2.05) is 60.9 Å². The second-order valence-electron chi connectivity index (χ2n) is 10.8. The summed E-state index contributed by atoms with van der Waals surface area (Å²) < 4.78 is 6.52. The van der Waals surface area contributed by atoms with E-state index in [1.165, 1.54) is 39.8 Å². The van der Waals surface area contributed by atoms with Crippen molar-refractivity contribution in [2.75, 3.05) is 0 Å². The molecule has 2 radical (unpaired) electrons. The van der Waals surface area contributed by atoms with Crippen LogP contribution < -0.4 is 0 Å². The minimum Gasteiger partial charge on any atom is -0.255 e. The van der Waals surface area contributed by atoms with Crippen LogP contribution in [0.3, 0.4) is 0 Å². The van der Waals surface area contributed by atoms with Gasteiger partial charge < -0.3 is 0 Å². The molecule has 0 aliphatic carbocycles. The fourth-order valence-corrected chi connectivity index (χ4v) is 5.78. The summed E-state index contributed by atoms with van der Waals surface area (Å²) in [5.41, 5.74) is 7.93. The molecular weight excluding hydrogens is 705 g/mol. The van der Waals surface area contributed by atoms with Crippen molar-refractivity contribution in [1.29, 1.82) is 1.34 Å². The van der Waals surface area contributed by atoms with Crippen LogP contribution in [0.1, 0.15) is 0 Å². The maximum atomic E-state index is 6.52. The molecule has 222 valence electrons. The molecule has 0 bridgehead atoms. The van der Waals surface area contributed by atoms with Crippen LogP contribution in [0.4, 0.5) is 0 Å². The first kappa shape index (κ1) is 32.3. The van der Waals surface area contributed by atoms with E-state index >= 15 is 0 Å². The van der Waals surface area contributed by atoms with Crippen molar-refractivity contribution in [1.82, 2.24) is 19.9 Å². The molecule has 8 aromatic rings. The van der Waals surface area contributed by atoms with Gasteiger partial charge in [-0.3, -0.25) is 19.9 Å². The van der Waals surface area contributed by atoms with Gasteiger partial charge in [0.25, 0.3) is 0 Å². The van der Waals surface area contributed by atoms with Crippen molar-refractivity contribution in [2.24, 2.45) is 0 Å². The van der Waals surface area contributed by atoms with Crippen LogP contribution >= 0.6 is 25.0 Å². The Bertz CT molecular complexity index is 2130. The summed E-state index contributed by atoms with van der Waals surface area (Å²) in [6, 6.07) is 42.2. The SMILES string of the molecule is [3H][B]P(P)P.[Y].c1ccc(-c2ccc(-c3ccc4c5ccc(-c6ccc(-c7ccccn7)nc6)cc5c5ccccc5c4c3)cn2)nc1. The largest absolute Gasteiger partial charge is 0.255 e. The molecule has 47 heavy (non-hydrogen) atoms. The van der Waals surface area contributed by atoms with Gasteiger partial charge in [-0.05, 0) is 93.3 Å². The van der Waals surface area contributed by atoms with E-state index in [0.29, 0.717) is 0 Å². The third-order valence-corrected chi connectivity index (χ3v) is 7.88. The molecule has 8 rings (SSSR count). The standard InChI is InChI=1S/C38H24N4.BH5P3.Y/c1-2-8-30-29(7-1)33-21-25(27-13-17-37(41-23-27)35-9-3-5-19-39-35)11-15-31(33)32-16-12-26(22-34(30)32)28-14-18-38(42-24-28)36-10-4-6-20-40-36;1-4(2)3;/h1-24H;1H,2-3H2;/i;1T;. The number of nitrogens with zero attached hydrogens (tertiary/aromatic N) is 4. The molecule has 4 aromatic heterocycles. The number of hydrogen-bond donors (Lipinski definition) is 0. The van der Waals surface area contributed by atoms with Gasteiger partial charge in [0.15, 0.2) is 0 Å². The normalized spacial score (nSPS) is 11.1. The Morgan fingerprint density at radius 3 is 1.19 bits per heavy atom. The molecule has 4 nitrogen and oxygen atoms in total. The fraction of sp³-hybridized carbons (Fsp3) is 0. The summed E-state index contributed by atoms with van der Waals surface area (Å²) in [6.07, 6.45) is 7.47. The predicted octanol–water partition coefficient (Wildman–Crippen LogP) is 10.3. The fourth-order valence-electron chi connectivity index (χ4n) is 5.78. The van der Waals surface area contributed by atoms with Gasteiger partial charge in [0.1, 0.15) is 7.53 Å². The van der Waals surface area contributed by atoms with E-state index in [4.69, 9.17) is 11.3 Å². The summed E-state index contributed by atoms with van der Waals surface area (Å²) in [5, 5.41) is 7.42. The third kappa shape index (κ3) is 7.42. The molecule has 0 saturated carbocycles. The molecule has 0 aliphatic rings. The van der Waals surface area contributed by atoms with Crippen LogP contribution in [-0.4, -0.2) is 28.8 Å². The second kappa shape index (κ2) is 15.3. The predicted molar refractivity (Wildman–Crippen MR) is 205 cm³/mol. The Labute approximate surface area is 307 Å². The molecule has 9 heteroatoms. The van der Waals surface area contributed by atoms with Crippen molar-refractivity contribution < 1.29 is 32.7 Å². The van der Waals surface area contributed by atoms with Gasteiger partial charge in [0.2, 0.25) is 0 Å². The zero-order valence-electron chi connectivity index (χ0n) is 26.4. The van der Waals surface area contributed by atoms with Crippen LogP contribution in [0.5, 0.6) is 0 Å². The van der Waals surface area contributed by atoms with Crippen LogP contribution in [-0.2, 0) is 32.7 Å². The van der Waals surface area contributed by atoms with Crippen molar-refractivity contribution in [2.45, 2.75) is 0 Å². The molecule has 0 N–H and O–H groups in total. The van der Waals surface area contributed by atoms with Crippen LogP contribution in [0.2, 0.25) is 0 Å². The number of aromatic nitrogens is 4. The molecule has 0 fully saturated rings. The number of hydrogen-bond acceptors (Lipinski definition) is 4. The van der Waals surface area contributed by atoms with Crippen molar-refractivity contribution in [3.05, 3.63) is 146 Å². The van der Waals surface area contributed by atoms with Gasteiger partial charge >= 0.3 is 0 Å². The van der Waals surface area contributed by atoms with Gasteiger partial charge in [-0.25, -0.2) is 0 Å². The van der Waals surface area contributed by atoms with E-state index in [9.17, 15) is 0 Å². The monoisotopic (exact) mass is 736 g/mol. The van der Waals surface area contributed by atoms with Gasteiger partial charge in [0.05, 0.1) is 22.8 Å². The van der Waals surface area contributed by atoms with Gasteiger partial charge in [0, 0.05) is 68.6 Å². The van der Waals surface area contributed by atoms with E-state index < -0.39 is 0 Å². The zero-order valence-corrected chi connectivity index (χ0v) is 31.4. The number of fused-ring (bicyclic) bond motifs is 6.